The minimum absolute atomic E-state index is 0.422. The molecule has 172 valence electrons. The van der Waals surface area contributed by atoms with Gasteiger partial charge in [0, 0.05) is 30.7 Å². The average molecular weight is 531 g/mol. The maximum absolute atomic E-state index is 12.7. The lowest BCUT2D eigenvalue weighted by Gasteiger charge is -2.34. The van der Waals surface area contributed by atoms with Gasteiger partial charge in [-0.15, -0.1) is 0 Å². The number of nitrogens with one attached hydrogen (secondary N) is 1. The highest BCUT2D eigenvalue weighted by atomic mass is 35.6. The predicted molar refractivity (Wildman–Crippen MR) is 141 cm³/mol. The summed E-state index contributed by atoms with van der Waals surface area (Å²) in [5.41, 5.74) is 2.95. The topological polar surface area (TPSA) is 72.3 Å². The summed E-state index contributed by atoms with van der Waals surface area (Å²) in [6.07, 6.45) is 3.70. The van der Waals surface area contributed by atoms with Crippen LogP contribution < -0.4 is 10.2 Å². The molecule has 1 atom stereocenters. The molecule has 0 saturated carbocycles. The van der Waals surface area contributed by atoms with Crippen molar-refractivity contribution in [2.75, 3.05) is 18.0 Å². The lowest BCUT2D eigenvalue weighted by Crippen LogP contribution is -2.56. The van der Waals surface area contributed by atoms with Crippen molar-refractivity contribution in [3.05, 3.63) is 78.0 Å². The Morgan fingerprint density at radius 3 is 2.59 bits per heavy atom. The second kappa shape index (κ2) is 10.2. The molecule has 1 aliphatic rings. The van der Waals surface area contributed by atoms with Crippen LogP contribution >= 0.6 is 47.0 Å². The second-order valence-electron chi connectivity index (χ2n) is 7.50. The third-order valence-electron chi connectivity index (χ3n) is 5.31. The zero-order valence-electron chi connectivity index (χ0n) is 17.7. The molecule has 2 aromatic carbocycles. The number of amides is 1. The minimum Gasteiger partial charge on any atom is -0.328 e. The number of carbonyl (C=O) groups excluding carboxylic acids is 1. The number of carbonyl (C=O) groups is 1. The van der Waals surface area contributed by atoms with Gasteiger partial charge in [0.2, 0.25) is 9.70 Å². The van der Waals surface area contributed by atoms with Crippen LogP contribution in [0.15, 0.2) is 66.9 Å². The van der Waals surface area contributed by atoms with E-state index in [0.717, 1.165) is 22.2 Å². The summed E-state index contributed by atoms with van der Waals surface area (Å²) in [7, 11) is 0. The van der Waals surface area contributed by atoms with Crippen molar-refractivity contribution in [2.24, 2.45) is 0 Å². The molecule has 1 aliphatic heterocycles. The van der Waals surface area contributed by atoms with Gasteiger partial charge < -0.3 is 15.1 Å². The molecule has 0 spiro atoms. The Balaban J connectivity index is 1.52. The van der Waals surface area contributed by atoms with Crippen molar-refractivity contribution >= 4 is 80.7 Å². The van der Waals surface area contributed by atoms with E-state index in [2.05, 4.69) is 10.3 Å². The van der Waals surface area contributed by atoms with Crippen LogP contribution in [0.25, 0.3) is 17.0 Å². The van der Waals surface area contributed by atoms with Crippen molar-refractivity contribution in [1.29, 1.82) is 5.26 Å². The highest BCUT2D eigenvalue weighted by molar-refractivity contribution is 7.80. The minimum atomic E-state index is -1.84. The molecule has 0 radical (unpaired) electrons. The molecule has 0 aliphatic carbocycles. The highest BCUT2D eigenvalue weighted by Gasteiger charge is 2.43. The quantitative estimate of drug-likeness (QED) is 0.283. The number of alkyl halides is 3. The number of hydrogen-bond acceptors (Lipinski definition) is 4. The lowest BCUT2D eigenvalue weighted by atomic mass is 10.1. The van der Waals surface area contributed by atoms with E-state index in [-0.39, 0.29) is 0 Å². The Labute approximate surface area is 217 Å². The van der Waals surface area contributed by atoms with Crippen LogP contribution in [0.3, 0.4) is 0 Å². The van der Waals surface area contributed by atoms with Crippen molar-refractivity contribution in [1.82, 2.24) is 15.2 Å². The first-order chi connectivity index (χ1) is 16.3. The first kappa shape index (κ1) is 24.2. The van der Waals surface area contributed by atoms with E-state index in [1.54, 1.807) is 41.4 Å². The van der Waals surface area contributed by atoms with Gasteiger partial charge in [-0.3, -0.25) is 9.78 Å². The maximum Gasteiger partial charge on any atom is 0.245 e. The van der Waals surface area contributed by atoms with E-state index in [0.29, 0.717) is 23.8 Å². The number of nitriles is 1. The van der Waals surface area contributed by atoms with Crippen LogP contribution in [-0.4, -0.2) is 44.0 Å². The average Bonchev–Trinajstić information content (AvgIpc) is 3.20. The molecule has 1 amide bonds. The molecular formula is C24H18Cl3N5OS. The zero-order valence-corrected chi connectivity index (χ0v) is 20.7. The normalized spacial score (nSPS) is 15.1. The highest BCUT2D eigenvalue weighted by Crippen LogP contribution is 2.35. The van der Waals surface area contributed by atoms with Crippen molar-refractivity contribution < 1.29 is 4.79 Å². The van der Waals surface area contributed by atoms with Crippen molar-refractivity contribution in [2.45, 2.75) is 9.96 Å². The van der Waals surface area contributed by atoms with Crippen LogP contribution in [0.5, 0.6) is 0 Å². The number of pyridine rings is 1. The molecule has 2 heterocycles. The molecule has 1 N–H and O–H groups in total. The standard InChI is InChI=1S/C24H18Cl3N5OS/c25-24(26,27)22(30-20(33)11-10-16-6-8-17(15-28)9-7-16)32-14-13-31(23(32)34)19-5-1-3-18-4-2-12-29-21(18)19/h1-12,22H,13-14H2,(H,30,33)/b11-10+. The SMILES string of the molecule is N#Cc1ccc(/C=C/C(=O)NC(N2CCN(c3cccc4cccnc34)C2=S)C(Cl)(Cl)Cl)cc1. The molecule has 6 nitrogen and oxygen atoms in total. The molecular weight excluding hydrogens is 513 g/mol. The number of benzene rings is 2. The number of halogens is 3. The third kappa shape index (κ3) is 5.26. The van der Waals surface area contributed by atoms with Gasteiger partial charge in [0.05, 0.1) is 22.8 Å². The van der Waals surface area contributed by atoms with E-state index in [1.807, 2.05) is 41.3 Å². The Morgan fingerprint density at radius 1 is 1.15 bits per heavy atom. The fraction of sp³-hybridized carbons (Fsp3) is 0.167. The van der Waals surface area contributed by atoms with Gasteiger partial charge in [0.1, 0.15) is 0 Å². The molecule has 4 rings (SSSR count). The largest absolute Gasteiger partial charge is 0.328 e. The van der Waals surface area contributed by atoms with E-state index in [9.17, 15) is 4.79 Å². The third-order valence-corrected chi connectivity index (χ3v) is 6.39. The number of anilines is 1. The predicted octanol–water partition coefficient (Wildman–Crippen LogP) is 5.04. The van der Waals surface area contributed by atoms with Crippen LogP contribution in [0.4, 0.5) is 5.69 Å². The molecule has 1 aromatic heterocycles. The molecule has 0 bridgehead atoms. The first-order valence-corrected chi connectivity index (χ1v) is 11.8. The summed E-state index contributed by atoms with van der Waals surface area (Å²) in [5.74, 6) is -0.450. The number of aromatic nitrogens is 1. The number of fused-ring (bicyclic) bond motifs is 1. The molecule has 1 saturated heterocycles. The Hall–Kier alpha value is -2.89. The van der Waals surface area contributed by atoms with Gasteiger partial charge in [0.15, 0.2) is 11.3 Å². The lowest BCUT2D eigenvalue weighted by molar-refractivity contribution is -0.117. The fourth-order valence-electron chi connectivity index (χ4n) is 3.68. The van der Waals surface area contributed by atoms with Gasteiger partial charge in [-0.05, 0) is 48.1 Å². The summed E-state index contributed by atoms with van der Waals surface area (Å²) in [6, 6.07) is 18.6. The number of hydrogen-bond donors (Lipinski definition) is 1. The first-order valence-electron chi connectivity index (χ1n) is 10.3. The van der Waals surface area contributed by atoms with Crippen LogP contribution in [0.1, 0.15) is 11.1 Å². The Kier molecular flexibility index (Phi) is 7.24. The summed E-state index contributed by atoms with van der Waals surface area (Å²) < 4.78 is -1.84. The van der Waals surface area contributed by atoms with E-state index in [4.69, 9.17) is 52.3 Å². The summed E-state index contributed by atoms with van der Waals surface area (Å²) in [5, 5.41) is 13.1. The smallest absolute Gasteiger partial charge is 0.245 e. The molecule has 34 heavy (non-hydrogen) atoms. The van der Waals surface area contributed by atoms with E-state index in [1.165, 1.54) is 6.08 Å². The Bertz CT molecular complexity index is 1300. The fourth-order valence-corrected chi connectivity index (χ4v) is 4.59. The summed E-state index contributed by atoms with van der Waals surface area (Å²) in [4.78, 5) is 20.8. The van der Waals surface area contributed by atoms with Gasteiger partial charge in [-0.25, -0.2) is 0 Å². The molecule has 1 fully saturated rings. The summed E-state index contributed by atoms with van der Waals surface area (Å²) >= 11 is 24.5. The molecule has 3 aromatic rings. The van der Waals surface area contributed by atoms with Crippen molar-refractivity contribution in [3.8, 4) is 6.07 Å². The van der Waals surface area contributed by atoms with E-state index >= 15 is 0 Å². The van der Waals surface area contributed by atoms with Gasteiger partial charge >= 0.3 is 0 Å². The monoisotopic (exact) mass is 529 g/mol. The summed E-state index contributed by atoms with van der Waals surface area (Å²) in [6.45, 7) is 0.989. The van der Waals surface area contributed by atoms with Crippen LogP contribution in [0, 0.1) is 11.3 Å². The number of para-hydroxylation sites is 1. The van der Waals surface area contributed by atoms with Gasteiger partial charge in [0.25, 0.3) is 0 Å². The van der Waals surface area contributed by atoms with Gasteiger partial charge in [-0.2, -0.15) is 5.26 Å². The van der Waals surface area contributed by atoms with Crippen LogP contribution in [0.2, 0.25) is 0 Å². The number of thiocarbonyl (C=S) groups is 1. The van der Waals surface area contributed by atoms with Crippen molar-refractivity contribution in [3.63, 3.8) is 0 Å². The van der Waals surface area contributed by atoms with Gasteiger partial charge in [-0.1, -0.05) is 65.1 Å². The second-order valence-corrected chi connectivity index (χ2v) is 10.2. The Morgan fingerprint density at radius 2 is 1.88 bits per heavy atom. The maximum atomic E-state index is 12.7. The van der Waals surface area contributed by atoms with E-state index < -0.39 is 15.9 Å². The zero-order chi connectivity index (χ0) is 24.3. The van der Waals surface area contributed by atoms with Crippen LogP contribution in [-0.2, 0) is 4.79 Å². The molecule has 1 unspecified atom stereocenters. The number of nitrogens with zero attached hydrogens (tertiary/aromatic N) is 4. The molecule has 10 heteroatoms. The number of rotatable bonds is 5.